The van der Waals surface area contributed by atoms with Gasteiger partial charge in [-0.05, 0) is 41.7 Å². The van der Waals surface area contributed by atoms with Crippen molar-refractivity contribution in [1.82, 2.24) is 5.43 Å². The van der Waals surface area contributed by atoms with E-state index in [2.05, 4.69) is 34.8 Å². The Hall–Kier alpha value is -3.40. The first-order valence-electron chi connectivity index (χ1n) is 8.94. The number of amides is 1. The lowest BCUT2D eigenvalue weighted by atomic mass is 10.1. The molecule has 4 nitrogen and oxygen atoms in total. The number of carbonyl (C=O) groups excluding carboxylic acids is 1. The number of hydrogen-bond donors (Lipinski definition) is 1. The van der Waals surface area contributed by atoms with Crippen LogP contribution in [0.3, 0.4) is 0 Å². The Morgan fingerprint density at radius 1 is 0.852 bits per heavy atom. The maximum atomic E-state index is 11.8. The van der Waals surface area contributed by atoms with Gasteiger partial charge in [-0.25, -0.2) is 5.43 Å². The van der Waals surface area contributed by atoms with Gasteiger partial charge in [0.05, 0.1) is 0 Å². The molecule has 0 aliphatic heterocycles. The van der Waals surface area contributed by atoms with Crippen LogP contribution in [0.4, 0.5) is 0 Å². The highest BCUT2D eigenvalue weighted by molar-refractivity contribution is 5.78. The molecule has 0 aliphatic carbocycles. The third kappa shape index (κ3) is 6.12. The van der Waals surface area contributed by atoms with Crippen molar-refractivity contribution in [2.24, 2.45) is 5.10 Å². The van der Waals surface area contributed by atoms with Crippen LogP contribution < -0.4 is 10.2 Å². The number of hydrazone groups is 1. The molecule has 3 rings (SSSR count). The molecule has 3 aromatic rings. The fourth-order valence-electron chi connectivity index (χ4n) is 2.61. The maximum absolute atomic E-state index is 11.8. The molecule has 0 radical (unpaired) electrons. The van der Waals surface area contributed by atoms with Crippen LogP contribution in [-0.2, 0) is 11.2 Å². The third-order valence-corrected chi connectivity index (χ3v) is 4.02. The number of rotatable bonds is 8. The summed E-state index contributed by atoms with van der Waals surface area (Å²) in [6, 6.07) is 27.9. The summed E-state index contributed by atoms with van der Waals surface area (Å²) in [5.41, 5.74) is 5.98. The first-order chi connectivity index (χ1) is 13.3. The van der Waals surface area contributed by atoms with Crippen molar-refractivity contribution in [2.75, 3.05) is 6.61 Å². The molecule has 0 atom stereocenters. The first-order valence-corrected chi connectivity index (χ1v) is 8.94. The zero-order valence-corrected chi connectivity index (χ0v) is 15.0. The lowest BCUT2D eigenvalue weighted by molar-refractivity contribution is -0.123. The SMILES string of the molecule is O=C(COc1ccc(-c2ccccc2)cc1)NN=CCCc1ccccc1. The first kappa shape index (κ1) is 18.4. The molecule has 0 saturated carbocycles. The summed E-state index contributed by atoms with van der Waals surface area (Å²) in [5, 5.41) is 3.95. The molecule has 0 saturated heterocycles. The molecule has 0 unspecified atom stereocenters. The molecule has 1 amide bonds. The van der Waals surface area contributed by atoms with Gasteiger partial charge in [0.2, 0.25) is 0 Å². The summed E-state index contributed by atoms with van der Waals surface area (Å²) in [5.74, 6) is 0.371. The summed E-state index contributed by atoms with van der Waals surface area (Å²) >= 11 is 0. The van der Waals surface area contributed by atoms with E-state index in [4.69, 9.17) is 4.74 Å². The van der Waals surface area contributed by atoms with Crippen LogP contribution in [0.2, 0.25) is 0 Å². The second kappa shape index (κ2) is 9.92. The second-order valence-corrected chi connectivity index (χ2v) is 6.05. The van der Waals surface area contributed by atoms with E-state index in [1.54, 1.807) is 6.21 Å². The number of hydrogen-bond acceptors (Lipinski definition) is 3. The summed E-state index contributed by atoms with van der Waals surface area (Å²) in [6.45, 7) is -0.0687. The number of carbonyl (C=O) groups is 1. The van der Waals surface area contributed by atoms with E-state index in [9.17, 15) is 4.79 Å². The highest BCUT2D eigenvalue weighted by Crippen LogP contribution is 2.21. The molecule has 0 aliphatic rings. The van der Waals surface area contributed by atoms with E-state index >= 15 is 0 Å². The van der Waals surface area contributed by atoms with E-state index in [-0.39, 0.29) is 12.5 Å². The number of ether oxygens (including phenoxy) is 1. The van der Waals surface area contributed by atoms with Gasteiger partial charge in [0.25, 0.3) is 5.91 Å². The van der Waals surface area contributed by atoms with Gasteiger partial charge < -0.3 is 4.74 Å². The fraction of sp³-hybridized carbons (Fsp3) is 0.130. The van der Waals surface area contributed by atoms with Gasteiger partial charge in [0.1, 0.15) is 5.75 Å². The second-order valence-electron chi connectivity index (χ2n) is 6.05. The molecule has 0 heterocycles. The zero-order chi connectivity index (χ0) is 18.7. The van der Waals surface area contributed by atoms with E-state index in [0.29, 0.717) is 5.75 Å². The third-order valence-electron chi connectivity index (χ3n) is 4.02. The van der Waals surface area contributed by atoms with Crippen LogP contribution >= 0.6 is 0 Å². The van der Waals surface area contributed by atoms with Crippen molar-refractivity contribution in [1.29, 1.82) is 0 Å². The number of nitrogens with zero attached hydrogens (tertiary/aromatic N) is 1. The highest BCUT2D eigenvalue weighted by Gasteiger charge is 2.02. The van der Waals surface area contributed by atoms with Crippen molar-refractivity contribution in [3.63, 3.8) is 0 Å². The lowest BCUT2D eigenvalue weighted by Crippen LogP contribution is -2.24. The van der Waals surface area contributed by atoms with Crippen LogP contribution in [0.5, 0.6) is 5.75 Å². The average molecular weight is 358 g/mol. The fourth-order valence-corrected chi connectivity index (χ4v) is 2.61. The summed E-state index contributed by atoms with van der Waals surface area (Å²) in [4.78, 5) is 11.8. The van der Waals surface area contributed by atoms with Crippen LogP contribution in [0.15, 0.2) is 90.0 Å². The standard InChI is InChI=1S/C23H22N2O2/c26-23(25-24-17-7-10-19-8-3-1-4-9-19)18-27-22-15-13-21(14-16-22)20-11-5-2-6-12-20/h1-6,8-9,11-17H,7,10,18H2,(H,25,26). The Kier molecular flexibility index (Phi) is 6.76. The monoisotopic (exact) mass is 358 g/mol. The van der Waals surface area contributed by atoms with Crippen molar-refractivity contribution < 1.29 is 9.53 Å². The van der Waals surface area contributed by atoms with E-state index in [1.165, 1.54) is 5.56 Å². The van der Waals surface area contributed by atoms with Gasteiger partial charge in [0.15, 0.2) is 6.61 Å². The van der Waals surface area contributed by atoms with E-state index in [1.807, 2.05) is 60.7 Å². The molecular formula is C23H22N2O2. The average Bonchev–Trinajstić information content (AvgIpc) is 2.74. The molecule has 0 aromatic heterocycles. The Morgan fingerprint density at radius 2 is 1.48 bits per heavy atom. The maximum Gasteiger partial charge on any atom is 0.277 e. The molecule has 1 N–H and O–H groups in total. The summed E-state index contributed by atoms with van der Waals surface area (Å²) < 4.78 is 5.50. The molecule has 0 fully saturated rings. The van der Waals surface area contributed by atoms with Gasteiger partial charge in [-0.2, -0.15) is 5.10 Å². The van der Waals surface area contributed by atoms with Crippen LogP contribution in [0.1, 0.15) is 12.0 Å². The zero-order valence-electron chi connectivity index (χ0n) is 15.0. The smallest absolute Gasteiger partial charge is 0.277 e. The predicted octanol–water partition coefficient (Wildman–Crippen LogP) is 4.47. The summed E-state index contributed by atoms with van der Waals surface area (Å²) in [7, 11) is 0. The Labute approximate surface area is 159 Å². The lowest BCUT2D eigenvalue weighted by Gasteiger charge is -2.06. The Morgan fingerprint density at radius 3 is 2.19 bits per heavy atom. The minimum Gasteiger partial charge on any atom is -0.484 e. The normalized spacial score (nSPS) is 10.7. The van der Waals surface area contributed by atoms with Gasteiger partial charge >= 0.3 is 0 Å². The topological polar surface area (TPSA) is 50.7 Å². The van der Waals surface area contributed by atoms with Crippen molar-refractivity contribution in [3.8, 4) is 16.9 Å². The number of nitrogens with one attached hydrogen (secondary N) is 1. The molecule has 4 heteroatoms. The molecular weight excluding hydrogens is 336 g/mol. The molecule has 0 bridgehead atoms. The van der Waals surface area contributed by atoms with Crippen molar-refractivity contribution in [2.45, 2.75) is 12.8 Å². The number of benzene rings is 3. The Balaban J connectivity index is 1.38. The van der Waals surface area contributed by atoms with Crippen molar-refractivity contribution >= 4 is 12.1 Å². The van der Waals surface area contributed by atoms with Crippen LogP contribution in [0.25, 0.3) is 11.1 Å². The number of aryl methyl sites for hydroxylation is 1. The largest absolute Gasteiger partial charge is 0.484 e. The molecule has 3 aromatic carbocycles. The molecule has 27 heavy (non-hydrogen) atoms. The van der Waals surface area contributed by atoms with Gasteiger partial charge in [-0.15, -0.1) is 0 Å². The molecule has 0 spiro atoms. The minimum absolute atomic E-state index is 0.0687. The quantitative estimate of drug-likeness (QED) is 0.477. The van der Waals surface area contributed by atoms with Crippen molar-refractivity contribution in [3.05, 3.63) is 90.5 Å². The highest BCUT2D eigenvalue weighted by atomic mass is 16.5. The predicted molar refractivity (Wildman–Crippen MR) is 109 cm³/mol. The van der Waals surface area contributed by atoms with Gasteiger partial charge in [-0.3, -0.25) is 4.79 Å². The van der Waals surface area contributed by atoms with Gasteiger partial charge in [-0.1, -0.05) is 72.8 Å². The Bertz CT molecular complexity index is 860. The van der Waals surface area contributed by atoms with Gasteiger partial charge in [0, 0.05) is 6.21 Å². The van der Waals surface area contributed by atoms with Crippen LogP contribution in [-0.4, -0.2) is 18.7 Å². The van der Waals surface area contributed by atoms with E-state index in [0.717, 1.165) is 24.0 Å². The summed E-state index contributed by atoms with van der Waals surface area (Å²) in [6.07, 6.45) is 3.37. The minimum atomic E-state index is -0.280. The van der Waals surface area contributed by atoms with E-state index < -0.39 is 0 Å². The molecule has 136 valence electrons. The van der Waals surface area contributed by atoms with Crippen LogP contribution in [0, 0.1) is 0 Å².